The van der Waals surface area contributed by atoms with Gasteiger partial charge in [-0.05, 0) is 36.5 Å². The Hall–Kier alpha value is -3.23. The molecule has 2 aliphatic heterocycles. The monoisotopic (exact) mass is 444 g/mol. The van der Waals surface area contributed by atoms with Crippen molar-refractivity contribution >= 4 is 17.6 Å². The molecule has 1 aromatic carbocycles. The van der Waals surface area contributed by atoms with Gasteiger partial charge in [-0.2, -0.15) is 0 Å². The van der Waals surface area contributed by atoms with Crippen molar-refractivity contribution in [3.8, 4) is 0 Å². The number of likely N-dealkylation sites (tertiary alicyclic amines) is 1. The van der Waals surface area contributed by atoms with Crippen LogP contribution in [0.3, 0.4) is 0 Å². The first-order valence-electron chi connectivity index (χ1n) is 10.7. The maximum Gasteiger partial charge on any atom is 0.318 e. The van der Waals surface area contributed by atoms with E-state index in [4.69, 9.17) is 0 Å². The summed E-state index contributed by atoms with van der Waals surface area (Å²) in [4.78, 5) is 39.7. The number of hydrogen-bond donors (Lipinski definition) is 2. The number of amides is 3. The zero-order valence-electron chi connectivity index (χ0n) is 18.0. The number of fused-ring (bicyclic) bond motifs is 4. The second-order valence-electron chi connectivity index (χ2n) is 8.89. The Labute approximate surface area is 184 Å². The molecule has 1 aromatic heterocycles. The van der Waals surface area contributed by atoms with E-state index in [1.165, 1.54) is 0 Å². The van der Waals surface area contributed by atoms with Gasteiger partial charge < -0.3 is 20.1 Å². The largest absolute Gasteiger partial charge is 0.326 e. The van der Waals surface area contributed by atoms with Gasteiger partial charge >= 0.3 is 6.03 Å². The maximum atomic E-state index is 13.9. The molecule has 4 rings (SSSR count). The fourth-order valence-electron chi connectivity index (χ4n) is 4.62. The summed E-state index contributed by atoms with van der Waals surface area (Å²) in [5.41, 5.74) is 0.752. The number of benzene rings is 1. The van der Waals surface area contributed by atoms with Crippen LogP contribution in [-0.2, 0) is 11.3 Å². The lowest BCUT2D eigenvalue weighted by Gasteiger charge is -2.43. The molecular formula is C23H26F2N4O3. The molecule has 0 radical (unpaired) electrons. The highest BCUT2D eigenvalue weighted by atomic mass is 19.1. The summed E-state index contributed by atoms with van der Waals surface area (Å²) in [7, 11) is 0. The van der Waals surface area contributed by atoms with E-state index in [1.54, 1.807) is 35.4 Å². The lowest BCUT2D eigenvalue weighted by molar-refractivity contribution is -0.118. The number of hydrogen-bond acceptors (Lipinski definition) is 3. The Kier molecular flexibility index (Phi) is 5.99. The van der Waals surface area contributed by atoms with E-state index in [1.807, 2.05) is 6.07 Å². The molecule has 3 amide bonds. The van der Waals surface area contributed by atoms with Gasteiger partial charge in [0.2, 0.25) is 5.91 Å². The SMILES string of the molecule is CC(C)[C@H](NC(=O)N1C[C@@H]2C[C@H](C1)c1cccc(=O)n1C2)C(=O)Nc1ccc(F)cc1F. The minimum atomic E-state index is -0.899. The molecule has 2 aromatic rings. The van der Waals surface area contributed by atoms with Gasteiger partial charge in [-0.3, -0.25) is 9.59 Å². The molecule has 1 saturated heterocycles. The third kappa shape index (κ3) is 4.37. The topological polar surface area (TPSA) is 83.4 Å². The molecule has 9 heteroatoms. The van der Waals surface area contributed by atoms with Crippen molar-refractivity contribution in [1.29, 1.82) is 0 Å². The van der Waals surface area contributed by atoms with Crippen LogP contribution in [0.15, 0.2) is 41.2 Å². The number of halogens is 2. The normalized spacial score (nSPS) is 20.5. The predicted octanol–water partition coefficient (Wildman–Crippen LogP) is 2.92. The number of pyridine rings is 1. The van der Waals surface area contributed by atoms with Crippen molar-refractivity contribution in [3.05, 3.63) is 64.1 Å². The molecule has 0 saturated carbocycles. The molecule has 170 valence electrons. The van der Waals surface area contributed by atoms with E-state index in [9.17, 15) is 23.2 Å². The molecule has 2 aliphatic rings. The van der Waals surface area contributed by atoms with Gasteiger partial charge in [0.05, 0.1) is 5.69 Å². The van der Waals surface area contributed by atoms with Crippen LogP contribution in [0.5, 0.6) is 0 Å². The first-order chi connectivity index (χ1) is 15.2. The first kappa shape index (κ1) is 22.0. The van der Waals surface area contributed by atoms with Gasteiger partial charge in [-0.15, -0.1) is 0 Å². The zero-order chi connectivity index (χ0) is 23.0. The van der Waals surface area contributed by atoms with Gasteiger partial charge in [-0.1, -0.05) is 19.9 Å². The highest BCUT2D eigenvalue weighted by molar-refractivity contribution is 5.97. The Morgan fingerprint density at radius 1 is 1.09 bits per heavy atom. The fourth-order valence-corrected chi connectivity index (χ4v) is 4.62. The van der Waals surface area contributed by atoms with Crippen LogP contribution in [0.2, 0.25) is 0 Å². The Bertz CT molecular complexity index is 1100. The average Bonchev–Trinajstić information content (AvgIpc) is 2.74. The van der Waals surface area contributed by atoms with Crippen molar-refractivity contribution in [2.45, 2.75) is 38.8 Å². The Morgan fingerprint density at radius 3 is 2.59 bits per heavy atom. The van der Waals surface area contributed by atoms with Crippen LogP contribution in [0, 0.1) is 23.5 Å². The molecule has 0 unspecified atom stereocenters. The van der Waals surface area contributed by atoms with E-state index in [0.29, 0.717) is 25.7 Å². The molecule has 2 N–H and O–H groups in total. The van der Waals surface area contributed by atoms with Crippen molar-refractivity contribution in [2.24, 2.45) is 11.8 Å². The number of nitrogens with zero attached hydrogens (tertiary/aromatic N) is 2. The summed E-state index contributed by atoms with van der Waals surface area (Å²) >= 11 is 0. The second kappa shape index (κ2) is 8.72. The summed E-state index contributed by atoms with van der Waals surface area (Å²) in [6, 6.07) is 6.82. The quantitative estimate of drug-likeness (QED) is 0.761. The fraction of sp³-hybridized carbons (Fsp3) is 0.435. The summed E-state index contributed by atoms with van der Waals surface area (Å²) in [6.07, 6.45) is 0.908. The molecule has 3 atom stereocenters. The number of rotatable bonds is 4. The number of aromatic nitrogens is 1. The van der Waals surface area contributed by atoms with Gasteiger partial charge in [0.15, 0.2) is 0 Å². The molecular weight excluding hydrogens is 418 g/mol. The van der Waals surface area contributed by atoms with Crippen LogP contribution in [-0.4, -0.2) is 40.5 Å². The van der Waals surface area contributed by atoms with Gasteiger partial charge in [0.1, 0.15) is 17.7 Å². The zero-order valence-corrected chi connectivity index (χ0v) is 18.0. The van der Waals surface area contributed by atoms with E-state index in [0.717, 1.165) is 24.2 Å². The Balaban J connectivity index is 1.45. The smallest absolute Gasteiger partial charge is 0.318 e. The van der Waals surface area contributed by atoms with Crippen LogP contribution < -0.4 is 16.2 Å². The number of anilines is 1. The highest BCUT2D eigenvalue weighted by Crippen LogP contribution is 2.35. The van der Waals surface area contributed by atoms with Crippen LogP contribution in [0.4, 0.5) is 19.3 Å². The van der Waals surface area contributed by atoms with Crippen molar-refractivity contribution in [2.75, 3.05) is 18.4 Å². The number of carbonyl (C=O) groups excluding carboxylic acids is 2. The third-order valence-electron chi connectivity index (χ3n) is 6.18. The summed E-state index contributed by atoms with van der Waals surface area (Å²) in [5.74, 6) is -2.24. The van der Waals surface area contributed by atoms with Crippen molar-refractivity contribution in [3.63, 3.8) is 0 Å². The number of carbonyl (C=O) groups is 2. The summed E-state index contributed by atoms with van der Waals surface area (Å²) in [6.45, 7) is 5.05. The number of urea groups is 1. The second-order valence-corrected chi connectivity index (χ2v) is 8.89. The lowest BCUT2D eigenvalue weighted by atomic mass is 9.83. The third-order valence-corrected chi connectivity index (χ3v) is 6.18. The van der Waals surface area contributed by atoms with Crippen LogP contribution in [0.1, 0.15) is 31.9 Å². The van der Waals surface area contributed by atoms with E-state index < -0.39 is 23.6 Å². The minimum absolute atomic E-state index is 0.0281. The minimum Gasteiger partial charge on any atom is -0.326 e. The summed E-state index contributed by atoms with van der Waals surface area (Å²) in [5, 5.41) is 5.21. The first-order valence-corrected chi connectivity index (χ1v) is 10.7. The standard InChI is InChI=1S/C23H26F2N4O3/c1-13(2)21(22(31)26-18-7-6-16(24)9-17(18)25)27-23(32)28-10-14-8-15(12-28)19-4-3-5-20(30)29(19)11-14/h3-7,9,13-15,21H,8,10-12H2,1-2H3,(H,26,31)(H,27,32)/t14-,15+,21-/m0/s1. The summed E-state index contributed by atoms with van der Waals surface area (Å²) < 4.78 is 28.9. The van der Waals surface area contributed by atoms with Crippen LogP contribution >= 0.6 is 0 Å². The van der Waals surface area contributed by atoms with Crippen molar-refractivity contribution < 1.29 is 18.4 Å². The molecule has 1 fully saturated rings. The van der Waals surface area contributed by atoms with Gasteiger partial charge in [0, 0.05) is 43.4 Å². The number of piperidine rings is 1. The molecule has 2 bridgehead atoms. The Morgan fingerprint density at radius 2 is 1.88 bits per heavy atom. The molecule has 0 aliphatic carbocycles. The van der Waals surface area contributed by atoms with Crippen molar-refractivity contribution in [1.82, 2.24) is 14.8 Å². The van der Waals surface area contributed by atoms with Crippen LogP contribution in [0.25, 0.3) is 0 Å². The average molecular weight is 444 g/mol. The number of nitrogens with one attached hydrogen (secondary N) is 2. The van der Waals surface area contributed by atoms with Gasteiger partial charge in [-0.25, -0.2) is 13.6 Å². The predicted molar refractivity (Wildman–Crippen MR) is 115 cm³/mol. The molecule has 3 heterocycles. The molecule has 7 nitrogen and oxygen atoms in total. The highest BCUT2D eigenvalue weighted by Gasteiger charge is 2.37. The van der Waals surface area contributed by atoms with E-state index >= 15 is 0 Å². The van der Waals surface area contributed by atoms with E-state index in [2.05, 4.69) is 10.6 Å². The molecule has 0 spiro atoms. The van der Waals surface area contributed by atoms with Gasteiger partial charge in [0.25, 0.3) is 5.56 Å². The molecule has 32 heavy (non-hydrogen) atoms. The lowest BCUT2D eigenvalue weighted by Crippen LogP contribution is -2.56. The maximum absolute atomic E-state index is 13.9. The van der Waals surface area contributed by atoms with E-state index in [-0.39, 0.29) is 35.0 Å².